The number of ether oxygens (including phenoxy) is 1. The molecule has 2 aromatic carbocycles. The Hall–Kier alpha value is -2.10. The van der Waals surface area contributed by atoms with Gasteiger partial charge in [0.05, 0.1) is 6.61 Å². The van der Waals surface area contributed by atoms with Crippen LogP contribution in [0, 0.1) is 18.6 Å². The van der Waals surface area contributed by atoms with Crippen LogP contribution in [0.2, 0.25) is 0 Å². The monoisotopic (exact) mass is 291 g/mol. The van der Waals surface area contributed by atoms with E-state index in [1.165, 1.54) is 12.1 Å². The number of anilines is 1. The third-order valence-electron chi connectivity index (χ3n) is 3.34. The number of aryl methyl sites for hydroxylation is 1. The lowest BCUT2D eigenvalue weighted by Crippen LogP contribution is -2.10. The molecule has 0 aromatic heterocycles. The van der Waals surface area contributed by atoms with Crippen LogP contribution >= 0.6 is 0 Å². The lowest BCUT2D eigenvalue weighted by atomic mass is 10.1. The molecule has 0 bridgehead atoms. The Balaban J connectivity index is 2.18. The fourth-order valence-corrected chi connectivity index (χ4v) is 2.11. The molecule has 2 nitrogen and oxygen atoms in total. The van der Waals surface area contributed by atoms with E-state index in [4.69, 9.17) is 4.74 Å². The van der Waals surface area contributed by atoms with Gasteiger partial charge < -0.3 is 10.1 Å². The summed E-state index contributed by atoms with van der Waals surface area (Å²) < 4.78 is 33.1. The predicted molar refractivity (Wildman–Crippen MR) is 80.7 cm³/mol. The Labute approximate surface area is 123 Å². The number of benzene rings is 2. The molecule has 0 radical (unpaired) electrons. The summed E-state index contributed by atoms with van der Waals surface area (Å²) in [4.78, 5) is 0. The molecule has 0 heterocycles. The Morgan fingerprint density at radius 2 is 1.76 bits per heavy atom. The first-order valence-electron chi connectivity index (χ1n) is 6.96. The summed E-state index contributed by atoms with van der Waals surface area (Å²) in [7, 11) is 0. The highest BCUT2D eigenvalue weighted by atomic mass is 19.1. The van der Waals surface area contributed by atoms with Gasteiger partial charge in [0.15, 0.2) is 5.82 Å². The summed E-state index contributed by atoms with van der Waals surface area (Å²) in [6, 6.07) is 9.94. The van der Waals surface area contributed by atoms with Gasteiger partial charge in [-0.25, -0.2) is 8.78 Å². The van der Waals surface area contributed by atoms with Gasteiger partial charge in [-0.05, 0) is 50.1 Å². The van der Waals surface area contributed by atoms with Crippen LogP contribution in [0.5, 0.6) is 5.75 Å². The van der Waals surface area contributed by atoms with Crippen LogP contribution in [0.25, 0.3) is 0 Å². The minimum Gasteiger partial charge on any atom is -0.494 e. The topological polar surface area (TPSA) is 21.3 Å². The van der Waals surface area contributed by atoms with Gasteiger partial charge in [0.25, 0.3) is 0 Å². The molecule has 0 spiro atoms. The molecule has 2 rings (SSSR count). The Morgan fingerprint density at radius 3 is 2.38 bits per heavy atom. The second kappa shape index (κ2) is 6.57. The quantitative estimate of drug-likeness (QED) is 0.850. The van der Waals surface area contributed by atoms with Crippen molar-refractivity contribution in [2.45, 2.75) is 26.8 Å². The van der Waals surface area contributed by atoms with Crippen molar-refractivity contribution in [3.05, 3.63) is 59.2 Å². The Bertz CT molecular complexity index is 611. The summed E-state index contributed by atoms with van der Waals surface area (Å²) in [6.07, 6.45) is 0. The zero-order chi connectivity index (χ0) is 15.4. The highest BCUT2D eigenvalue weighted by Gasteiger charge is 2.14. The SMILES string of the molecule is CCOc1ccc(C(C)Nc2c(F)ccc(C)c2F)cc1. The van der Waals surface area contributed by atoms with E-state index in [-0.39, 0.29) is 11.7 Å². The third kappa shape index (κ3) is 3.51. The summed E-state index contributed by atoms with van der Waals surface area (Å²) in [5.41, 5.74) is 1.26. The van der Waals surface area contributed by atoms with Crippen LogP contribution in [0.3, 0.4) is 0 Å². The maximum absolute atomic E-state index is 14.0. The fourth-order valence-electron chi connectivity index (χ4n) is 2.11. The molecule has 0 amide bonds. The van der Waals surface area contributed by atoms with Gasteiger partial charge in [-0.3, -0.25) is 0 Å². The summed E-state index contributed by atoms with van der Waals surface area (Å²) in [6.45, 7) is 5.99. The molecular formula is C17H19F2NO. The molecule has 112 valence electrons. The van der Waals surface area contributed by atoms with Crippen LogP contribution in [-0.4, -0.2) is 6.61 Å². The molecule has 4 heteroatoms. The van der Waals surface area contributed by atoms with Crippen molar-refractivity contribution in [3.63, 3.8) is 0 Å². The van der Waals surface area contributed by atoms with E-state index in [1.807, 2.05) is 38.1 Å². The van der Waals surface area contributed by atoms with Crippen molar-refractivity contribution in [2.75, 3.05) is 11.9 Å². The van der Waals surface area contributed by atoms with Gasteiger partial charge in [0.1, 0.15) is 17.3 Å². The van der Waals surface area contributed by atoms with E-state index >= 15 is 0 Å². The van der Waals surface area contributed by atoms with Gasteiger partial charge in [-0.2, -0.15) is 0 Å². The van der Waals surface area contributed by atoms with E-state index in [1.54, 1.807) is 6.92 Å². The highest BCUT2D eigenvalue weighted by Crippen LogP contribution is 2.27. The lowest BCUT2D eigenvalue weighted by Gasteiger charge is -2.18. The molecule has 2 aromatic rings. The molecule has 0 saturated carbocycles. The zero-order valence-corrected chi connectivity index (χ0v) is 12.4. The summed E-state index contributed by atoms with van der Waals surface area (Å²) >= 11 is 0. The van der Waals surface area contributed by atoms with E-state index in [2.05, 4.69) is 5.32 Å². The minimum atomic E-state index is -0.587. The molecule has 0 fully saturated rings. The maximum Gasteiger partial charge on any atom is 0.152 e. The molecule has 1 unspecified atom stereocenters. The van der Waals surface area contributed by atoms with Crippen molar-refractivity contribution in [3.8, 4) is 5.75 Å². The number of hydrogen-bond donors (Lipinski definition) is 1. The average Bonchev–Trinajstić information content (AvgIpc) is 2.48. The first-order valence-corrected chi connectivity index (χ1v) is 6.96. The van der Waals surface area contributed by atoms with Gasteiger partial charge in [-0.1, -0.05) is 18.2 Å². The number of hydrogen-bond acceptors (Lipinski definition) is 2. The lowest BCUT2D eigenvalue weighted by molar-refractivity contribution is 0.340. The first kappa shape index (κ1) is 15.3. The van der Waals surface area contributed by atoms with Crippen molar-refractivity contribution in [1.82, 2.24) is 0 Å². The number of halogens is 2. The van der Waals surface area contributed by atoms with Gasteiger partial charge in [0, 0.05) is 6.04 Å². The van der Waals surface area contributed by atoms with Crippen molar-refractivity contribution in [2.24, 2.45) is 0 Å². The van der Waals surface area contributed by atoms with Gasteiger partial charge in [0.2, 0.25) is 0 Å². The minimum absolute atomic E-state index is 0.0867. The third-order valence-corrected chi connectivity index (χ3v) is 3.34. The molecule has 21 heavy (non-hydrogen) atoms. The van der Waals surface area contributed by atoms with Crippen LogP contribution in [0.4, 0.5) is 14.5 Å². The normalized spacial score (nSPS) is 12.0. The molecule has 0 aliphatic heterocycles. The average molecular weight is 291 g/mol. The van der Waals surface area contributed by atoms with Crippen molar-refractivity contribution >= 4 is 5.69 Å². The first-order chi connectivity index (χ1) is 10.0. The van der Waals surface area contributed by atoms with Crippen LogP contribution in [0.15, 0.2) is 36.4 Å². The Morgan fingerprint density at radius 1 is 1.10 bits per heavy atom. The fraction of sp³-hybridized carbons (Fsp3) is 0.294. The van der Waals surface area contributed by atoms with Gasteiger partial charge in [-0.15, -0.1) is 0 Å². The van der Waals surface area contributed by atoms with Crippen molar-refractivity contribution < 1.29 is 13.5 Å². The largest absolute Gasteiger partial charge is 0.494 e. The molecule has 1 N–H and O–H groups in total. The van der Waals surface area contributed by atoms with Crippen molar-refractivity contribution in [1.29, 1.82) is 0 Å². The van der Waals surface area contributed by atoms with E-state index in [9.17, 15) is 8.78 Å². The molecule has 1 atom stereocenters. The number of rotatable bonds is 5. The summed E-state index contributed by atoms with van der Waals surface area (Å²) in [5.74, 6) is -0.356. The molecule has 0 aliphatic carbocycles. The highest BCUT2D eigenvalue weighted by molar-refractivity contribution is 5.50. The zero-order valence-electron chi connectivity index (χ0n) is 12.4. The second-order valence-electron chi connectivity index (χ2n) is 4.92. The van der Waals surface area contributed by atoms with E-state index in [0.717, 1.165) is 11.3 Å². The smallest absolute Gasteiger partial charge is 0.152 e. The molecule has 0 saturated heterocycles. The Kier molecular flexibility index (Phi) is 4.78. The molecule has 0 aliphatic rings. The van der Waals surface area contributed by atoms with E-state index < -0.39 is 11.6 Å². The molecular weight excluding hydrogens is 272 g/mol. The maximum atomic E-state index is 14.0. The van der Waals surface area contributed by atoms with E-state index in [0.29, 0.717) is 12.2 Å². The van der Waals surface area contributed by atoms with Crippen LogP contribution in [0.1, 0.15) is 31.0 Å². The summed E-state index contributed by atoms with van der Waals surface area (Å²) in [5, 5.41) is 2.90. The van der Waals surface area contributed by atoms with Crippen LogP contribution < -0.4 is 10.1 Å². The van der Waals surface area contributed by atoms with Gasteiger partial charge >= 0.3 is 0 Å². The van der Waals surface area contributed by atoms with Crippen LogP contribution in [-0.2, 0) is 0 Å². The second-order valence-corrected chi connectivity index (χ2v) is 4.92. The number of nitrogens with one attached hydrogen (secondary N) is 1. The predicted octanol–water partition coefficient (Wildman–Crippen LogP) is 4.85. The standard InChI is InChI=1S/C17H19F2NO/c1-4-21-14-8-6-13(7-9-14)12(3)20-17-15(18)10-5-11(2)16(17)19/h5-10,12,20H,4H2,1-3H3.